The summed E-state index contributed by atoms with van der Waals surface area (Å²) in [6, 6.07) is 0. The van der Waals surface area contributed by atoms with Crippen LogP contribution in [0, 0.1) is 0 Å². The van der Waals surface area contributed by atoms with Crippen LogP contribution in [0.1, 0.15) is 33.1 Å². The van der Waals surface area contributed by atoms with Crippen LogP contribution in [0.2, 0.25) is 0 Å². The first-order valence-electron chi connectivity index (χ1n) is 4.83. The molecule has 1 heterocycles. The highest BCUT2D eigenvalue weighted by molar-refractivity contribution is 4.43. The average Bonchev–Trinajstić information content (AvgIpc) is 2.39. The Bertz CT molecular complexity index is 105. The van der Waals surface area contributed by atoms with E-state index in [0.717, 1.165) is 11.3 Å². The van der Waals surface area contributed by atoms with E-state index in [-0.39, 0.29) is 17.0 Å². The van der Waals surface area contributed by atoms with Gasteiger partial charge in [0, 0.05) is 6.42 Å². The van der Waals surface area contributed by atoms with Crippen LogP contribution in [-0.4, -0.2) is 30.9 Å². The molecule has 0 amide bonds. The highest BCUT2D eigenvalue weighted by atomic mass is 79.9. The lowest BCUT2D eigenvalue weighted by molar-refractivity contribution is -1.09. The van der Waals surface area contributed by atoms with E-state index in [1.54, 1.807) is 0 Å². The van der Waals surface area contributed by atoms with Crippen molar-refractivity contribution in [3.05, 3.63) is 0 Å². The van der Waals surface area contributed by atoms with Gasteiger partial charge >= 0.3 is 0 Å². The summed E-state index contributed by atoms with van der Waals surface area (Å²) in [6.45, 7) is 9.08. The van der Waals surface area contributed by atoms with E-state index < -0.39 is 0 Å². The summed E-state index contributed by atoms with van der Waals surface area (Å²) in [6.07, 6.45) is 3.72. The molecule has 1 aliphatic heterocycles. The van der Waals surface area contributed by atoms with Crippen LogP contribution < -0.4 is 17.0 Å². The summed E-state index contributed by atoms with van der Waals surface area (Å²) in [7, 11) is 0. The first-order chi connectivity index (χ1) is 5.33. The molecule has 1 saturated heterocycles. The number of hydroxylamine groups is 3. The summed E-state index contributed by atoms with van der Waals surface area (Å²) in [5, 5.41) is 0. The van der Waals surface area contributed by atoms with Crippen LogP contribution in [0.5, 0.6) is 0 Å². The van der Waals surface area contributed by atoms with Crippen LogP contribution in [0.3, 0.4) is 0 Å². The molecule has 3 heteroatoms. The maximum absolute atomic E-state index is 5.76. The van der Waals surface area contributed by atoms with Crippen molar-refractivity contribution in [1.29, 1.82) is 0 Å². The molecule has 1 rings (SSSR count). The lowest BCUT2D eigenvalue weighted by atomic mass is 10.3. The standard InChI is InChI=1S/C9H20NO.BrH/c1-3-6-10(7-4-2)8-5-9-11-10;/h3-9H2,1-2H3;1H/q+1;/p-1. The molecule has 0 unspecified atom stereocenters. The van der Waals surface area contributed by atoms with Crippen molar-refractivity contribution in [1.82, 2.24) is 0 Å². The van der Waals surface area contributed by atoms with E-state index in [1.807, 2.05) is 0 Å². The first kappa shape index (κ1) is 12.4. The second-order valence-corrected chi connectivity index (χ2v) is 3.42. The molecule has 0 N–H and O–H groups in total. The first-order valence-corrected chi connectivity index (χ1v) is 4.83. The van der Waals surface area contributed by atoms with E-state index in [9.17, 15) is 0 Å². The van der Waals surface area contributed by atoms with Gasteiger partial charge in [0.15, 0.2) is 0 Å². The summed E-state index contributed by atoms with van der Waals surface area (Å²) >= 11 is 0. The SMILES string of the molecule is CCC[N+]1(CCC)CCCO1.[Br-]. The zero-order valence-electron chi connectivity index (χ0n) is 8.18. The van der Waals surface area contributed by atoms with Crippen LogP contribution in [0.4, 0.5) is 0 Å². The number of quaternary nitrogens is 1. The Balaban J connectivity index is 0.00000121. The fourth-order valence-corrected chi connectivity index (χ4v) is 1.95. The van der Waals surface area contributed by atoms with Gasteiger partial charge in [0.05, 0.1) is 0 Å². The van der Waals surface area contributed by atoms with Crippen molar-refractivity contribution >= 4 is 0 Å². The Morgan fingerprint density at radius 2 is 1.75 bits per heavy atom. The van der Waals surface area contributed by atoms with Crippen molar-refractivity contribution in [3.8, 4) is 0 Å². The van der Waals surface area contributed by atoms with Gasteiger partial charge < -0.3 is 17.0 Å². The summed E-state index contributed by atoms with van der Waals surface area (Å²) in [5.74, 6) is 0. The van der Waals surface area contributed by atoms with E-state index in [2.05, 4.69) is 13.8 Å². The maximum atomic E-state index is 5.76. The average molecular weight is 238 g/mol. The molecule has 0 aromatic carbocycles. The zero-order valence-corrected chi connectivity index (χ0v) is 9.77. The molecular formula is C9H20BrNO. The minimum absolute atomic E-state index is 0. The molecule has 0 bridgehead atoms. The fourth-order valence-electron chi connectivity index (χ4n) is 1.95. The topological polar surface area (TPSA) is 9.23 Å². The van der Waals surface area contributed by atoms with Crippen molar-refractivity contribution in [2.75, 3.05) is 26.2 Å². The van der Waals surface area contributed by atoms with E-state index >= 15 is 0 Å². The van der Waals surface area contributed by atoms with Gasteiger partial charge in [-0.1, -0.05) is 13.8 Å². The van der Waals surface area contributed by atoms with Gasteiger partial charge in [0.2, 0.25) is 0 Å². The predicted octanol–water partition coefficient (Wildman–Crippen LogP) is -1.04. The second kappa shape index (κ2) is 5.95. The second-order valence-electron chi connectivity index (χ2n) is 3.42. The highest BCUT2D eigenvalue weighted by Crippen LogP contribution is 2.18. The minimum atomic E-state index is 0. The van der Waals surface area contributed by atoms with Crippen LogP contribution in [0.25, 0.3) is 0 Å². The Morgan fingerprint density at radius 3 is 2.08 bits per heavy atom. The van der Waals surface area contributed by atoms with Gasteiger partial charge in [-0.05, 0) is 12.8 Å². The van der Waals surface area contributed by atoms with Gasteiger partial charge in [-0.3, -0.25) is 0 Å². The van der Waals surface area contributed by atoms with Gasteiger partial charge in [-0.2, -0.15) is 4.65 Å². The summed E-state index contributed by atoms with van der Waals surface area (Å²) < 4.78 is 0.938. The van der Waals surface area contributed by atoms with E-state index in [0.29, 0.717) is 0 Å². The molecule has 0 spiro atoms. The lowest BCUT2D eigenvalue weighted by Crippen LogP contribution is -3.00. The molecule has 0 saturated carbocycles. The van der Waals surface area contributed by atoms with Crippen LogP contribution in [-0.2, 0) is 4.84 Å². The molecule has 1 fully saturated rings. The molecule has 1 aliphatic rings. The molecule has 0 aromatic heterocycles. The van der Waals surface area contributed by atoms with Crippen molar-refractivity contribution < 1.29 is 26.5 Å². The number of rotatable bonds is 4. The normalized spacial score (nSPS) is 20.5. The Morgan fingerprint density at radius 1 is 1.17 bits per heavy atom. The Labute approximate surface area is 86.2 Å². The fraction of sp³-hybridized carbons (Fsp3) is 1.00. The third-order valence-electron chi connectivity index (χ3n) is 2.34. The third kappa shape index (κ3) is 3.04. The third-order valence-corrected chi connectivity index (χ3v) is 2.34. The van der Waals surface area contributed by atoms with Gasteiger partial charge in [0.25, 0.3) is 0 Å². The number of hydrogen-bond acceptors (Lipinski definition) is 1. The van der Waals surface area contributed by atoms with Gasteiger partial charge in [-0.15, -0.1) is 0 Å². The lowest BCUT2D eigenvalue weighted by Gasteiger charge is -2.29. The Hall–Kier alpha value is 0.400. The number of nitrogens with zero attached hydrogens (tertiary/aromatic N) is 1. The van der Waals surface area contributed by atoms with Crippen molar-refractivity contribution in [2.45, 2.75) is 33.1 Å². The summed E-state index contributed by atoms with van der Waals surface area (Å²) in [5.41, 5.74) is 0. The zero-order chi connectivity index (χ0) is 8.16. The molecule has 2 nitrogen and oxygen atoms in total. The highest BCUT2D eigenvalue weighted by Gasteiger charge is 2.32. The number of halogens is 1. The molecule has 12 heavy (non-hydrogen) atoms. The molecule has 0 radical (unpaired) electrons. The predicted molar refractivity (Wildman–Crippen MR) is 46.0 cm³/mol. The van der Waals surface area contributed by atoms with Crippen LogP contribution in [0.15, 0.2) is 0 Å². The van der Waals surface area contributed by atoms with Crippen LogP contribution >= 0.6 is 0 Å². The Kier molecular flexibility index (Phi) is 6.14. The monoisotopic (exact) mass is 237 g/mol. The molecule has 0 atom stereocenters. The van der Waals surface area contributed by atoms with Gasteiger partial charge in [-0.25, -0.2) is 4.84 Å². The molecule has 0 aliphatic carbocycles. The molecular weight excluding hydrogens is 218 g/mol. The van der Waals surface area contributed by atoms with Gasteiger partial charge in [0.1, 0.15) is 26.2 Å². The summed E-state index contributed by atoms with van der Waals surface area (Å²) in [4.78, 5) is 5.76. The largest absolute Gasteiger partial charge is 1.00 e. The quantitative estimate of drug-likeness (QED) is 0.569. The van der Waals surface area contributed by atoms with Crippen molar-refractivity contribution in [2.24, 2.45) is 0 Å². The van der Waals surface area contributed by atoms with Crippen molar-refractivity contribution in [3.63, 3.8) is 0 Å². The maximum Gasteiger partial charge on any atom is 0.112 e. The molecule has 74 valence electrons. The molecule has 0 aromatic rings. The minimum Gasteiger partial charge on any atom is -1.00 e. The van der Waals surface area contributed by atoms with E-state index in [1.165, 1.54) is 38.9 Å². The smallest absolute Gasteiger partial charge is 0.112 e. The van der Waals surface area contributed by atoms with E-state index in [4.69, 9.17) is 4.84 Å². The number of hydrogen-bond donors (Lipinski definition) is 0.